The fourth-order valence-corrected chi connectivity index (χ4v) is 1.82. The van der Waals surface area contributed by atoms with Crippen LogP contribution in [0.1, 0.15) is 5.56 Å². The van der Waals surface area contributed by atoms with Crippen LogP contribution in [0.15, 0.2) is 30.6 Å². The maximum absolute atomic E-state index is 10.4. The molecule has 98 valence electrons. The maximum atomic E-state index is 10.4. The Balaban J connectivity index is 2.04. The molecule has 0 spiro atoms. The Morgan fingerprint density at radius 1 is 1.26 bits per heavy atom. The van der Waals surface area contributed by atoms with Gasteiger partial charge < -0.3 is 5.32 Å². The lowest BCUT2D eigenvalue weighted by Gasteiger charge is -2.06. The molecule has 0 bridgehead atoms. The van der Waals surface area contributed by atoms with Crippen molar-refractivity contribution in [1.29, 1.82) is 0 Å². The summed E-state index contributed by atoms with van der Waals surface area (Å²) < 4.78 is 0. The molecule has 0 atom stereocenters. The highest BCUT2D eigenvalue weighted by atomic mass is 35.5. The number of aromatic nitrogens is 2. The van der Waals surface area contributed by atoms with E-state index in [-0.39, 0.29) is 11.6 Å². The average Bonchev–Trinajstić information content (AvgIpc) is 2.38. The molecule has 0 aliphatic heterocycles. The first-order chi connectivity index (χ1) is 9.06. The van der Waals surface area contributed by atoms with Crippen molar-refractivity contribution in [2.75, 3.05) is 5.32 Å². The van der Waals surface area contributed by atoms with Crippen LogP contribution in [0.5, 0.6) is 0 Å². The molecule has 8 heteroatoms. The third-order valence-electron chi connectivity index (χ3n) is 2.30. The third kappa shape index (κ3) is 3.52. The van der Waals surface area contributed by atoms with Crippen LogP contribution in [-0.2, 0) is 6.54 Å². The van der Waals surface area contributed by atoms with E-state index >= 15 is 0 Å². The second kappa shape index (κ2) is 5.81. The molecule has 0 fully saturated rings. The van der Waals surface area contributed by atoms with Crippen molar-refractivity contribution in [3.8, 4) is 0 Å². The fourth-order valence-electron chi connectivity index (χ4n) is 1.35. The third-order valence-corrected chi connectivity index (χ3v) is 2.89. The van der Waals surface area contributed by atoms with Crippen molar-refractivity contribution < 1.29 is 4.92 Å². The summed E-state index contributed by atoms with van der Waals surface area (Å²) in [6.07, 6.45) is 2.28. The number of nitrogens with zero attached hydrogens (tertiary/aromatic N) is 3. The normalized spacial score (nSPS) is 10.2. The number of hydrogen-bond acceptors (Lipinski definition) is 5. The van der Waals surface area contributed by atoms with Crippen LogP contribution in [-0.4, -0.2) is 14.9 Å². The molecule has 1 aromatic carbocycles. The van der Waals surface area contributed by atoms with Gasteiger partial charge in [0.05, 0.1) is 4.92 Å². The van der Waals surface area contributed by atoms with Gasteiger partial charge in [0.25, 0.3) is 0 Å². The van der Waals surface area contributed by atoms with Gasteiger partial charge in [0.15, 0.2) is 0 Å². The Hall–Kier alpha value is -1.92. The zero-order chi connectivity index (χ0) is 13.8. The summed E-state index contributed by atoms with van der Waals surface area (Å²) in [6, 6.07) is 5.14. The van der Waals surface area contributed by atoms with Crippen LogP contribution in [0.2, 0.25) is 10.0 Å². The van der Waals surface area contributed by atoms with Crippen molar-refractivity contribution in [3.63, 3.8) is 0 Å². The Morgan fingerprint density at radius 2 is 1.95 bits per heavy atom. The van der Waals surface area contributed by atoms with E-state index in [4.69, 9.17) is 23.2 Å². The van der Waals surface area contributed by atoms with E-state index in [0.29, 0.717) is 16.6 Å². The Morgan fingerprint density at radius 3 is 2.53 bits per heavy atom. The zero-order valence-corrected chi connectivity index (χ0v) is 11.0. The average molecular weight is 299 g/mol. The van der Waals surface area contributed by atoms with Crippen LogP contribution >= 0.6 is 23.2 Å². The summed E-state index contributed by atoms with van der Waals surface area (Å²) in [6.45, 7) is 0.397. The first-order valence-electron chi connectivity index (χ1n) is 5.20. The molecule has 0 aliphatic carbocycles. The van der Waals surface area contributed by atoms with Crippen molar-refractivity contribution in [1.82, 2.24) is 9.97 Å². The molecule has 1 N–H and O–H groups in total. The fraction of sp³-hybridized carbons (Fsp3) is 0.0909. The molecular formula is C11H8Cl2N4O2. The molecule has 0 saturated carbocycles. The topological polar surface area (TPSA) is 81.0 Å². The highest BCUT2D eigenvalue weighted by molar-refractivity contribution is 6.35. The molecular weight excluding hydrogens is 291 g/mol. The molecule has 2 rings (SSSR count). The minimum atomic E-state index is -0.556. The quantitative estimate of drug-likeness (QED) is 0.692. The Labute approximate surface area is 118 Å². The van der Waals surface area contributed by atoms with Gasteiger partial charge >= 0.3 is 5.69 Å². The maximum Gasteiger partial charge on any atom is 0.305 e. The first-order valence-corrected chi connectivity index (χ1v) is 5.96. The zero-order valence-electron chi connectivity index (χ0n) is 9.51. The molecule has 19 heavy (non-hydrogen) atoms. The van der Waals surface area contributed by atoms with Gasteiger partial charge in [0, 0.05) is 16.6 Å². The molecule has 0 saturated heterocycles. The van der Waals surface area contributed by atoms with E-state index in [1.807, 2.05) is 0 Å². The summed E-state index contributed by atoms with van der Waals surface area (Å²) in [5.41, 5.74) is 0.670. The van der Waals surface area contributed by atoms with Crippen molar-refractivity contribution in [2.45, 2.75) is 6.54 Å². The van der Waals surface area contributed by atoms with Crippen LogP contribution in [0.25, 0.3) is 0 Å². The van der Waals surface area contributed by atoms with Crippen molar-refractivity contribution >= 4 is 34.8 Å². The molecule has 0 radical (unpaired) electrons. The lowest BCUT2D eigenvalue weighted by molar-refractivity contribution is -0.385. The number of hydrogen-bond donors (Lipinski definition) is 1. The van der Waals surface area contributed by atoms with E-state index in [9.17, 15) is 10.1 Å². The van der Waals surface area contributed by atoms with Gasteiger partial charge in [-0.05, 0) is 17.7 Å². The molecule has 1 heterocycles. The highest BCUT2D eigenvalue weighted by Gasteiger charge is 2.07. The van der Waals surface area contributed by atoms with Crippen molar-refractivity contribution in [2.24, 2.45) is 0 Å². The standard InChI is InChI=1S/C11H8Cl2N4O2/c12-8-2-1-7(10(13)3-8)4-14-11-15-5-9(6-16-11)17(18)19/h1-3,5-6H,4H2,(H,14,15,16). The van der Waals surface area contributed by atoms with Gasteiger partial charge in [-0.2, -0.15) is 0 Å². The summed E-state index contributed by atoms with van der Waals surface area (Å²) in [5, 5.41) is 14.4. The van der Waals surface area contributed by atoms with Crippen LogP contribution in [0, 0.1) is 10.1 Å². The smallest absolute Gasteiger partial charge is 0.305 e. The number of halogens is 2. The number of benzene rings is 1. The summed E-state index contributed by atoms with van der Waals surface area (Å²) in [5.74, 6) is 0.289. The summed E-state index contributed by atoms with van der Waals surface area (Å²) in [7, 11) is 0. The van der Waals surface area contributed by atoms with Gasteiger partial charge in [-0.15, -0.1) is 0 Å². The van der Waals surface area contributed by atoms with Gasteiger partial charge in [-0.25, -0.2) is 9.97 Å². The van der Waals surface area contributed by atoms with E-state index in [2.05, 4.69) is 15.3 Å². The highest BCUT2D eigenvalue weighted by Crippen LogP contribution is 2.21. The number of nitro groups is 1. The summed E-state index contributed by atoms with van der Waals surface area (Å²) >= 11 is 11.8. The first kappa shape index (κ1) is 13.5. The number of rotatable bonds is 4. The monoisotopic (exact) mass is 298 g/mol. The predicted molar refractivity (Wildman–Crippen MR) is 72.5 cm³/mol. The van der Waals surface area contributed by atoms with E-state index in [1.165, 1.54) is 0 Å². The minimum absolute atomic E-state index is 0.157. The molecule has 0 amide bonds. The van der Waals surface area contributed by atoms with E-state index in [0.717, 1.165) is 18.0 Å². The molecule has 0 unspecified atom stereocenters. The second-order valence-corrected chi connectivity index (χ2v) is 4.45. The van der Waals surface area contributed by atoms with Gasteiger partial charge in [0.2, 0.25) is 5.95 Å². The van der Waals surface area contributed by atoms with Crippen LogP contribution < -0.4 is 5.32 Å². The van der Waals surface area contributed by atoms with Crippen LogP contribution in [0.4, 0.5) is 11.6 Å². The Kier molecular flexibility index (Phi) is 4.13. The van der Waals surface area contributed by atoms with Crippen molar-refractivity contribution in [3.05, 3.63) is 56.3 Å². The van der Waals surface area contributed by atoms with Gasteiger partial charge in [0.1, 0.15) is 12.4 Å². The lowest BCUT2D eigenvalue weighted by atomic mass is 10.2. The number of anilines is 1. The lowest BCUT2D eigenvalue weighted by Crippen LogP contribution is -2.04. The molecule has 2 aromatic rings. The number of nitrogens with one attached hydrogen (secondary N) is 1. The molecule has 1 aromatic heterocycles. The van der Waals surface area contributed by atoms with Crippen LogP contribution in [0.3, 0.4) is 0 Å². The summed E-state index contributed by atoms with van der Waals surface area (Å²) in [4.78, 5) is 17.5. The second-order valence-electron chi connectivity index (χ2n) is 3.61. The SMILES string of the molecule is O=[N+]([O-])c1cnc(NCc2ccc(Cl)cc2Cl)nc1. The van der Waals surface area contributed by atoms with Gasteiger partial charge in [-0.1, -0.05) is 29.3 Å². The van der Waals surface area contributed by atoms with E-state index in [1.54, 1.807) is 18.2 Å². The van der Waals surface area contributed by atoms with Gasteiger partial charge in [-0.3, -0.25) is 10.1 Å². The minimum Gasteiger partial charge on any atom is -0.350 e. The largest absolute Gasteiger partial charge is 0.350 e. The molecule has 6 nitrogen and oxygen atoms in total. The van der Waals surface area contributed by atoms with E-state index < -0.39 is 4.92 Å². The predicted octanol–water partition coefficient (Wildman–Crippen LogP) is 3.30. The molecule has 0 aliphatic rings. The Bertz CT molecular complexity index is 604.